The molecule has 0 radical (unpaired) electrons. The smallest absolute Gasteiger partial charge is 0.242 e. The Morgan fingerprint density at radius 3 is 2.52 bits per heavy atom. The molecule has 0 amide bonds. The number of hydrogen-bond donors (Lipinski definition) is 2. The van der Waals surface area contributed by atoms with Crippen LogP contribution in [0, 0.1) is 5.92 Å². The van der Waals surface area contributed by atoms with Crippen LogP contribution in [0.3, 0.4) is 0 Å². The molecule has 0 heterocycles. The third kappa shape index (κ3) is 3.89. The highest BCUT2D eigenvalue weighted by Crippen LogP contribution is 2.34. The van der Waals surface area contributed by atoms with Gasteiger partial charge in [-0.2, -0.15) is 0 Å². The summed E-state index contributed by atoms with van der Waals surface area (Å²) in [6, 6.07) is 5.82. The zero-order valence-corrected chi connectivity index (χ0v) is 13.8. The highest BCUT2D eigenvalue weighted by Gasteiger charge is 2.29. The van der Waals surface area contributed by atoms with Crippen LogP contribution in [-0.2, 0) is 10.0 Å². The van der Waals surface area contributed by atoms with Gasteiger partial charge in [-0.25, -0.2) is 13.1 Å². The molecule has 1 fully saturated rings. The van der Waals surface area contributed by atoms with Gasteiger partial charge in [0.15, 0.2) is 0 Å². The van der Waals surface area contributed by atoms with E-state index < -0.39 is 10.0 Å². The maximum atomic E-state index is 11.9. The summed E-state index contributed by atoms with van der Waals surface area (Å²) in [4.78, 5) is 2.50. The van der Waals surface area contributed by atoms with E-state index in [9.17, 15) is 8.42 Å². The summed E-state index contributed by atoms with van der Waals surface area (Å²) in [7, 11) is -2.10. The summed E-state index contributed by atoms with van der Waals surface area (Å²) in [5.74, 6) is 0.646. The predicted octanol–water partition coefficient (Wildman–Crippen LogP) is 2.19. The highest BCUT2D eigenvalue weighted by atomic mass is 32.2. The van der Waals surface area contributed by atoms with Crippen LogP contribution in [-0.4, -0.2) is 28.1 Å². The van der Waals surface area contributed by atoms with E-state index in [1.807, 2.05) is 6.07 Å². The largest absolute Gasteiger partial charge is 0.398 e. The van der Waals surface area contributed by atoms with Gasteiger partial charge in [0.05, 0.1) is 5.69 Å². The quantitative estimate of drug-likeness (QED) is 0.757. The van der Waals surface area contributed by atoms with E-state index in [1.165, 1.54) is 19.9 Å². The van der Waals surface area contributed by atoms with Crippen molar-refractivity contribution in [3.8, 4) is 0 Å². The second-order valence-corrected chi connectivity index (χ2v) is 7.89. The molecule has 1 aromatic carbocycles. The van der Waals surface area contributed by atoms with E-state index in [-0.39, 0.29) is 4.90 Å². The van der Waals surface area contributed by atoms with Crippen LogP contribution in [0.5, 0.6) is 0 Å². The minimum Gasteiger partial charge on any atom is -0.398 e. The second-order valence-electron chi connectivity index (χ2n) is 6.04. The van der Waals surface area contributed by atoms with Crippen LogP contribution >= 0.6 is 0 Å². The Morgan fingerprint density at radius 2 is 2.05 bits per heavy atom. The second kappa shape index (κ2) is 6.23. The average Bonchev–Trinajstić information content (AvgIpc) is 3.23. The third-order valence-corrected chi connectivity index (χ3v) is 5.31. The molecular formula is C15H25N3O2S. The van der Waals surface area contributed by atoms with Gasteiger partial charge in [-0.05, 0) is 50.4 Å². The van der Waals surface area contributed by atoms with Gasteiger partial charge in [0.1, 0.15) is 4.90 Å². The van der Waals surface area contributed by atoms with Crippen molar-refractivity contribution in [3.05, 3.63) is 18.2 Å². The minimum atomic E-state index is -3.50. The maximum absolute atomic E-state index is 11.9. The zero-order valence-electron chi connectivity index (χ0n) is 13.0. The summed E-state index contributed by atoms with van der Waals surface area (Å²) in [5.41, 5.74) is 7.27. The van der Waals surface area contributed by atoms with Crippen LogP contribution in [0.2, 0.25) is 0 Å². The lowest BCUT2D eigenvalue weighted by Gasteiger charge is -2.26. The van der Waals surface area contributed by atoms with E-state index in [0.29, 0.717) is 17.6 Å². The molecule has 0 aliphatic heterocycles. The number of nitrogens with two attached hydrogens (primary N) is 1. The van der Waals surface area contributed by atoms with Crippen LogP contribution in [0.1, 0.15) is 33.1 Å². The zero-order chi connectivity index (χ0) is 15.6. The lowest BCUT2D eigenvalue weighted by molar-refractivity contribution is 0.570. The van der Waals surface area contributed by atoms with Gasteiger partial charge in [0.2, 0.25) is 10.0 Å². The van der Waals surface area contributed by atoms with Gasteiger partial charge >= 0.3 is 0 Å². The van der Waals surface area contributed by atoms with Gasteiger partial charge in [-0.3, -0.25) is 0 Å². The fraction of sp³-hybridized carbons (Fsp3) is 0.600. The standard InChI is InChI=1S/C15H25N3O2S/c1-11(2)8-9-18(12-4-5-12)13-6-7-15(14(16)10-13)21(19,20)17-3/h6-7,10-12,17H,4-5,8-9,16H2,1-3H3. The molecule has 1 aliphatic carbocycles. The van der Waals surface area contributed by atoms with Crippen molar-refractivity contribution in [1.29, 1.82) is 0 Å². The molecule has 0 aromatic heterocycles. The Bertz CT molecular complexity index is 595. The monoisotopic (exact) mass is 311 g/mol. The maximum Gasteiger partial charge on any atom is 0.242 e. The number of nitrogens with zero attached hydrogens (tertiary/aromatic N) is 1. The molecule has 118 valence electrons. The minimum absolute atomic E-state index is 0.147. The number of sulfonamides is 1. The fourth-order valence-corrected chi connectivity index (χ4v) is 3.21. The molecule has 5 nitrogen and oxygen atoms in total. The van der Waals surface area contributed by atoms with Crippen molar-refractivity contribution in [2.24, 2.45) is 5.92 Å². The van der Waals surface area contributed by atoms with Gasteiger partial charge in [-0.15, -0.1) is 0 Å². The number of rotatable bonds is 7. The first-order valence-corrected chi connectivity index (χ1v) is 8.93. The van der Waals surface area contributed by atoms with Gasteiger partial charge in [0, 0.05) is 18.3 Å². The molecule has 1 aromatic rings. The molecule has 2 rings (SSSR count). The third-order valence-electron chi connectivity index (χ3n) is 3.82. The number of anilines is 2. The molecule has 6 heteroatoms. The number of hydrogen-bond acceptors (Lipinski definition) is 4. The van der Waals surface area contributed by atoms with Gasteiger partial charge < -0.3 is 10.6 Å². The molecule has 21 heavy (non-hydrogen) atoms. The number of benzene rings is 1. The molecule has 1 saturated carbocycles. The van der Waals surface area contributed by atoms with Crippen molar-refractivity contribution in [3.63, 3.8) is 0 Å². The van der Waals surface area contributed by atoms with Crippen molar-refractivity contribution in [2.75, 3.05) is 24.2 Å². The Kier molecular flexibility index (Phi) is 4.78. The Morgan fingerprint density at radius 1 is 1.38 bits per heavy atom. The number of nitrogens with one attached hydrogen (secondary N) is 1. The molecule has 0 bridgehead atoms. The molecule has 0 unspecified atom stereocenters. The molecule has 0 atom stereocenters. The van der Waals surface area contributed by atoms with Crippen molar-refractivity contribution < 1.29 is 8.42 Å². The highest BCUT2D eigenvalue weighted by molar-refractivity contribution is 7.89. The van der Waals surface area contributed by atoms with Crippen LogP contribution in [0.15, 0.2) is 23.1 Å². The van der Waals surface area contributed by atoms with E-state index in [0.717, 1.165) is 18.7 Å². The average molecular weight is 311 g/mol. The first kappa shape index (κ1) is 16.1. The predicted molar refractivity (Wildman–Crippen MR) is 86.9 cm³/mol. The SMILES string of the molecule is CNS(=O)(=O)c1ccc(N(CCC(C)C)C2CC2)cc1N. The van der Waals surface area contributed by atoms with Crippen molar-refractivity contribution in [2.45, 2.75) is 44.0 Å². The topological polar surface area (TPSA) is 75.4 Å². The van der Waals surface area contributed by atoms with E-state index in [2.05, 4.69) is 23.5 Å². The van der Waals surface area contributed by atoms with Gasteiger partial charge in [0.25, 0.3) is 0 Å². The summed E-state index contributed by atoms with van der Waals surface area (Å²) in [6.07, 6.45) is 3.52. The fourth-order valence-electron chi connectivity index (χ4n) is 2.38. The van der Waals surface area contributed by atoms with Crippen LogP contribution in [0.25, 0.3) is 0 Å². The van der Waals surface area contributed by atoms with Crippen molar-refractivity contribution >= 4 is 21.4 Å². The van der Waals surface area contributed by atoms with Gasteiger partial charge in [-0.1, -0.05) is 13.8 Å². The first-order chi connectivity index (χ1) is 9.85. The summed E-state index contributed by atoms with van der Waals surface area (Å²) < 4.78 is 26.0. The molecule has 0 saturated heterocycles. The molecular weight excluding hydrogens is 286 g/mol. The summed E-state index contributed by atoms with van der Waals surface area (Å²) in [6.45, 7) is 5.41. The summed E-state index contributed by atoms with van der Waals surface area (Å²) >= 11 is 0. The Hall–Kier alpha value is -1.27. The Labute approximate surface area is 127 Å². The Balaban J connectivity index is 2.25. The van der Waals surface area contributed by atoms with E-state index in [1.54, 1.807) is 12.1 Å². The van der Waals surface area contributed by atoms with E-state index in [4.69, 9.17) is 5.73 Å². The number of nitrogen functional groups attached to an aromatic ring is 1. The molecule has 1 aliphatic rings. The van der Waals surface area contributed by atoms with Crippen LogP contribution in [0.4, 0.5) is 11.4 Å². The lowest BCUT2D eigenvalue weighted by Crippen LogP contribution is -2.28. The lowest BCUT2D eigenvalue weighted by atomic mass is 10.1. The molecule has 3 N–H and O–H groups in total. The van der Waals surface area contributed by atoms with Crippen molar-refractivity contribution in [1.82, 2.24) is 4.72 Å². The normalized spacial score (nSPS) is 15.4. The van der Waals surface area contributed by atoms with E-state index >= 15 is 0 Å². The van der Waals surface area contributed by atoms with Crippen LogP contribution < -0.4 is 15.4 Å². The first-order valence-electron chi connectivity index (χ1n) is 7.45. The summed E-state index contributed by atoms with van der Waals surface area (Å²) in [5, 5.41) is 0. The molecule has 0 spiro atoms.